The van der Waals surface area contributed by atoms with Crippen molar-refractivity contribution in [2.45, 2.75) is 18.4 Å². The Balaban J connectivity index is 1.43. The molecule has 0 radical (unpaired) electrons. The minimum Gasteiger partial charge on any atom is -0.383 e. The normalized spacial score (nSPS) is 19.5. The van der Waals surface area contributed by atoms with Crippen LogP contribution in [0, 0.1) is 6.92 Å². The lowest BCUT2D eigenvalue weighted by molar-refractivity contribution is 0.249. The van der Waals surface area contributed by atoms with Crippen molar-refractivity contribution in [2.75, 3.05) is 61.8 Å². The largest absolute Gasteiger partial charge is 0.383 e. The van der Waals surface area contributed by atoms with Gasteiger partial charge in [0, 0.05) is 80.1 Å². The maximum atomic E-state index is 12.7. The van der Waals surface area contributed by atoms with Crippen molar-refractivity contribution in [3.05, 3.63) is 59.7 Å². The maximum Gasteiger partial charge on any atom is 0.131 e. The number of hydrogen-bond donors (Lipinski definition) is 2. The molecule has 0 bridgehead atoms. The summed E-state index contributed by atoms with van der Waals surface area (Å²) in [6.07, 6.45) is 0. The van der Waals surface area contributed by atoms with Crippen LogP contribution >= 0.6 is 0 Å². The number of benzene rings is 2. The summed E-state index contributed by atoms with van der Waals surface area (Å²) in [6.45, 7) is 9.86. The molecule has 2 aromatic carbocycles. The zero-order chi connectivity index (χ0) is 21.9. The first-order chi connectivity index (χ1) is 15.7. The van der Waals surface area contributed by atoms with Gasteiger partial charge in [-0.05, 0) is 30.7 Å². The van der Waals surface area contributed by atoms with Gasteiger partial charge in [-0.2, -0.15) is 0 Å². The van der Waals surface area contributed by atoms with Crippen LogP contribution in [0.3, 0.4) is 0 Å². The number of pyridine rings is 1. The number of aromatic nitrogens is 1. The molecule has 32 heavy (non-hydrogen) atoms. The molecule has 1 aromatic heterocycles. The van der Waals surface area contributed by atoms with Crippen molar-refractivity contribution in [2.24, 2.45) is 0 Å². The first-order valence-corrected chi connectivity index (χ1v) is 12.8. The zero-order valence-corrected chi connectivity index (χ0v) is 19.5. The average molecular weight is 450 g/mol. The predicted molar refractivity (Wildman–Crippen MR) is 133 cm³/mol. The highest BCUT2D eigenvalue weighted by Crippen LogP contribution is 2.30. The number of rotatable bonds is 5. The van der Waals surface area contributed by atoms with E-state index in [0.29, 0.717) is 5.75 Å². The third kappa shape index (κ3) is 4.65. The molecule has 2 aliphatic rings. The number of anilines is 2. The Hall–Kier alpha value is -2.48. The van der Waals surface area contributed by atoms with Gasteiger partial charge in [-0.3, -0.25) is 9.11 Å². The molecule has 1 fully saturated rings. The van der Waals surface area contributed by atoms with Gasteiger partial charge in [-0.1, -0.05) is 29.8 Å². The lowest BCUT2D eigenvalue weighted by atomic mass is 10.1. The topological polar surface area (TPSA) is 60.5 Å². The molecule has 168 valence electrons. The lowest BCUT2D eigenvalue weighted by Crippen LogP contribution is -2.45. The Kier molecular flexibility index (Phi) is 6.39. The molecule has 3 aromatic rings. The highest BCUT2D eigenvalue weighted by Gasteiger charge is 2.21. The van der Waals surface area contributed by atoms with Gasteiger partial charge in [0.2, 0.25) is 0 Å². The molecule has 2 aliphatic heterocycles. The van der Waals surface area contributed by atoms with Crippen molar-refractivity contribution in [3.63, 3.8) is 0 Å². The fourth-order valence-corrected chi connectivity index (χ4v) is 5.82. The Morgan fingerprint density at radius 3 is 2.81 bits per heavy atom. The Morgan fingerprint density at radius 2 is 1.94 bits per heavy atom. The van der Waals surface area contributed by atoms with Gasteiger partial charge in [-0.15, -0.1) is 0 Å². The van der Waals surface area contributed by atoms with Gasteiger partial charge in [-0.25, -0.2) is 4.98 Å². The van der Waals surface area contributed by atoms with E-state index in [1.54, 1.807) is 0 Å². The maximum absolute atomic E-state index is 12.7. The monoisotopic (exact) mass is 449 g/mol. The van der Waals surface area contributed by atoms with E-state index in [-0.39, 0.29) is 0 Å². The summed E-state index contributed by atoms with van der Waals surface area (Å²) in [5.41, 5.74) is 4.48. The van der Waals surface area contributed by atoms with Crippen LogP contribution in [0.15, 0.2) is 53.4 Å². The van der Waals surface area contributed by atoms with Gasteiger partial charge in [0.15, 0.2) is 0 Å². The van der Waals surface area contributed by atoms with Crippen LogP contribution in [0.25, 0.3) is 10.9 Å². The molecule has 1 unspecified atom stereocenters. The number of piperazine rings is 1. The fourth-order valence-electron chi connectivity index (χ4n) is 4.56. The Labute approximate surface area is 192 Å². The molecule has 2 N–H and O–H groups in total. The smallest absolute Gasteiger partial charge is 0.131 e. The average Bonchev–Trinajstić information content (AvgIpc) is 2.99. The highest BCUT2D eigenvalue weighted by molar-refractivity contribution is 7.85. The van der Waals surface area contributed by atoms with Crippen LogP contribution in [0.5, 0.6) is 0 Å². The molecule has 6 nitrogen and oxygen atoms in total. The van der Waals surface area contributed by atoms with Crippen molar-refractivity contribution in [3.8, 4) is 0 Å². The second-order valence-corrected chi connectivity index (χ2v) is 10.2. The lowest BCUT2D eigenvalue weighted by Gasteiger charge is -2.27. The van der Waals surface area contributed by atoms with Crippen molar-refractivity contribution in [1.82, 2.24) is 15.2 Å². The Morgan fingerprint density at radius 1 is 1.09 bits per heavy atom. The summed E-state index contributed by atoms with van der Waals surface area (Å²) < 4.78 is 12.7. The highest BCUT2D eigenvalue weighted by atomic mass is 32.2. The number of nitrogens with one attached hydrogen (secondary N) is 2. The number of aryl methyl sites for hydroxylation is 1. The van der Waals surface area contributed by atoms with Crippen LogP contribution in [0.4, 0.5) is 11.5 Å². The summed E-state index contributed by atoms with van der Waals surface area (Å²) in [5.74, 6) is 1.57. The van der Waals surface area contributed by atoms with Gasteiger partial charge in [0.1, 0.15) is 5.82 Å². The zero-order valence-electron chi connectivity index (χ0n) is 18.6. The molecule has 0 spiro atoms. The molecular weight excluding hydrogens is 418 g/mol. The quantitative estimate of drug-likeness (QED) is 0.625. The first-order valence-electron chi connectivity index (χ1n) is 11.5. The molecule has 0 aliphatic carbocycles. The Bertz CT molecular complexity index is 1130. The van der Waals surface area contributed by atoms with Crippen LogP contribution in [-0.2, 0) is 17.3 Å². The van der Waals surface area contributed by atoms with E-state index in [0.717, 1.165) is 85.2 Å². The van der Waals surface area contributed by atoms with E-state index >= 15 is 0 Å². The first kappa shape index (κ1) is 21.4. The van der Waals surface area contributed by atoms with Crippen LogP contribution in [0.2, 0.25) is 0 Å². The number of nitrogens with zero attached hydrogens (tertiary/aromatic N) is 3. The van der Waals surface area contributed by atoms with E-state index < -0.39 is 10.8 Å². The summed E-state index contributed by atoms with van der Waals surface area (Å²) in [7, 11) is -0.966. The van der Waals surface area contributed by atoms with Gasteiger partial charge in [0.05, 0.1) is 16.3 Å². The van der Waals surface area contributed by atoms with Gasteiger partial charge >= 0.3 is 0 Å². The second kappa shape index (κ2) is 9.57. The van der Waals surface area contributed by atoms with E-state index in [1.807, 2.05) is 18.2 Å². The number of fused-ring (bicyclic) bond motifs is 2. The third-order valence-corrected chi connectivity index (χ3v) is 7.80. The van der Waals surface area contributed by atoms with E-state index in [1.165, 1.54) is 5.56 Å². The van der Waals surface area contributed by atoms with Gasteiger partial charge in [0.25, 0.3) is 0 Å². The molecule has 7 heteroatoms. The molecular formula is C25H31N5OS. The molecule has 0 saturated carbocycles. The summed E-state index contributed by atoms with van der Waals surface area (Å²) in [6, 6.07) is 16.7. The van der Waals surface area contributed by atoms with E-state index in [2.05, 4.69) is 57.7 Å². The summed E-state index contributed by atoms with van der Waals surface area (Å²) in [4.78, 5) is 10.7. The number of hydrogen-bond acceptors (Lipinski definition) is 6. The minimum atomic E-state index is -0.966. The summed E-state index contributed by atoms with van der Waals surface area (Å²) in [5, 5.41) is 8.27. The fraction of sp³-hybridized carbons (Fsp3) is 0.400. The van der Waals surface area contributed by atoms with Crippen LogP contribution < -0.4 is 15.5 Å². The molecule has 1 saturated heterocycles. The third-order valence-electron chi connectivity index (χ3n) is 6.35. The van der Waals surface area contributed by atoms with Crippen molar-refractivity contribution >= 4 is 33.2 Å². The van der Waals surface area contributed by atoms with E-state index in [9.17, 15) is 4.21 Å². The van der Waals surface area contributed by atoms with Crippen molar-refractivity contribution < 1.29 is 4.21 Å². The summed E-state index contributed by atoms with van der Waals surface area (Å²) >= 11 is 0. The second-order valence-electron chi connectivity index (χ2n) is 8.65. The van der Waals surface area contributed by atoms with Gasteiger partial charge < -0.3 is 15.5 Å². The minimum absolute atomic E-state index is 0.621. The molecule has 5 rings (SSSR count). The molecule has 0 amide bonds. The van der Waals surface area contributed by atoms with Crippen LogP contribution in [0.1, 0.15) is 11.1 Å². The molecule has 3 heterocycles. The standard InChI is InChI=1S/C25H31N5OS/c1-19-6-7-22-21(16-19)23(27-10-13-29-11-8-26-9-12-29)17-25(28-22)30-14-15-32(31)24-5-3-2-4-20(24)18-30/h2-7,16-17,26H,8-15,18H2,1H3,(H,27,28). The van der Waals surface area contributed by atoms with Crippen LogP contribution in [-0.4, -0.2) is 65.7 Å². The van der Waals surface area contributed by atoms with E-state index in [4.69, 9.17) is 4.98 Å². The van der Waals surface area contributed by atoms with Crippen molar-refractivity contribution in [1.29, 1.82) is 0 Å². The molecule has 1 atom stereocenters. The predicted octanol–water partition coefficient (Wildman–Crippen LogP) is 2.99. The SMILES string of the molecule is Cc1ccc2nc(N3CCS(=O)c4ccccc4C3)cc(NCCN3CCNCC3)c2c1.